The number of carbonyl (C=O) groups is 1. The third-order valence-corrected chi connectivity index (χ3v) is 1.97. The van der Waals surface area contributed by atoms with Crippen LogP contribution < -0.4 is 0 Å². The Kier molecular flexibility index (Phi) is 3.34. The summed E-state index contributed by atoms with van der Waals surface area (Å²) in [5, 5.41) is 27.7. The zero-order chi connectivity index (χ0) is 10.0. The van der Waals surface area contributed by atoms with Crippen LogP contribution in [0.15, 0.2) is 0 Å². The molecule has 76 valence electrons. The van der Waals surface area contributed by atoms with Crippen molar-refractivity contribution >= 4 is 6.29 Å². The van der Waals surface area contributed by atoms with Gasteiger partial charge in [-0.25, -0.2) is 0 Å². The number of aldehydes is 1. The highest BCUT2D eigenvalue weighted by Crippen LogP contribution is 2.20. The van der Waals surface area contributed by atoms with E-state index in [2.05, 4.69) is 4.74 Å². The van der Waals surface area contributed by atoms with Gasteiger partial charge in [0.15, 0.2) is 12.6 Å². The second-order valence-corrected chi connectivity index (χ2v) is 2.81. The third-order valence-electron chi connectivity index (χ3n) is 1.97. The van der Waals surface area contributed by atoms with Crippen molar-refractivity contribution in [2.24, 2.45) is 0 Å². The summed E-state index contributed by atoms with van der Waals surface area (Å²) in [6.45, 7) is 0. The van der Waals surface area contributed by atoms with Crippen LogP contribution in [0.5, 0.6) is 0 Å². The van der Waals surface area contributed by atoms with Crippen molar-refractivity contribution in [1.29, 1.82) is 0 Å². The average molecular weight is 192 g/mol. The van der Waals surface area contributed by atoms with E-state index in [0.29, 0.717) is 6.29 Å². The maximum atomic E-state index is 10.4. The highest BCUT2D eigenvalue weighted by Gasteiger charge is 2.43. The van der Waals surface area contributed by atoms with Gasteiger partial charge in [0.05, 0.1) is 0 Å². The Morgan fingerprint density at radius 1 is 1.23 bits per heavy atom. The quantitative estimate of drug-likeness (QED) is 0.423. The zero-order valence-electron chi connectivity index (χ0n) is 7.03. The average Bonchev–Trinajstić information content (AvgIpc) is 2.15. The number of ether oxygens (including phenoxy) is 2. The highest BCUT2D eigenvalue weighted by atomic mass is 16.7. The molecule has 3 N–H and O–H groups in total. The molecule has 0 bridgehead atoms. The molecule has 0 radical (unpaired) electrons. The number of aliphatic hydroxyl groups excluding tert-OH is 3. The maximum Gasteiger partial charge on any atom is 0.186 e. The molecule has 0 unspecified atom stereocenters. The summed E-state index contributed by atoms with van der Waals surface area (Å²) in [6, 6.07) is 0. The summed E-state index contributed by atoms with van der Waals surface area (Å²) >= 11 is 0. The Balaban J connectivity index is 2.71. The smallest absolute Gasteiger partial charge is 0.186 e. The Morgan fingerprint density at radius 3 is 2.31 bits per heavy atom. The van der Waals surface area contributed by atoms with Crippen molar-refractivity contribution in [1.82, 2.24) is 0 Å². The highest BCUT2D eigenvalue weighted by molar-refractivity contribution is 5.57. The van der Waals surface area contributed by atoms with Crippen molar-refractivity contribution in [2.75, 3.05) is 7.11 Å². The van der Waals surface area contributed by atoms with Crippen molar-refractivity contribution in [3.8, 4) is 0 Å². The Bertz CT molecular complexity index is 182. The monoisotopic (exact) mass is 192 g/mol. The number of rotatable bonds is 2. The van der Waals surface area contributed by atoms with E-state index in [1.54, 1.807) is 0 Å². The van der Waals surface area contributed by atoms with Crippen LogP contribution in [0.3, 0.4) is 0 Å². The van der Waals surface area contributed by atoms with E-state index in [4.69, 9.17) is 4.74 Å². The van der Waals surface area contributed by atoms with E-state index in [1.165, 1.54) is 7.11 Å². The molecular weight excluding hydrogens is 180 g/mol. The lowest BCUT2D eigenvalue weighted by atomic mass is 10.00. The van der Waals surface area contributed by atoms with Gasteiger partial charge in [-0.05, 0) is 0 Å². The molecule has 5 atom stereocenters. The van der Waals surface area contributed by atoms with Crippen molar-refractivity contribution in [3.05, 3.63) is 0 Å². The van der Waals surface area contributed by atoms with Crippen molar-refractivity contribution in [3.63, 3.8) is 0 Å². The molecule has 0 aromatic carbocycles. The molecule has 0 aromatic heterocycles. The summed E-state index contributed by atoms with van der Waals surface area (Å²) in [5.41, 5.74) is 0. The predicted molar refractivity (Wildman–Crippen MR) is 39.8 cm³/mol. The van der Waals surface area contributed by atoms with Crippen LogP contribution in [-0.2, 0) is 14.3 Å². The van der Waals surface area contributed by atoms with Gasteiger partial charge in [0, 0.05) is 7.11 Å². The SMILES string of the molecule is CO[C@H]1O[C@@H](C=O)[C@H](O)[C@@H](O)[C@H]1O. The van der Waals surface area contributed by atoms with E-state index >= 15 is 0 Å². The minimum Gasteiger partial charge on any atom is -0.387 e. The maximum absolute atomic E-state index is 10.4. The first-order chi connectivity index (χ1) is 6.11. The first kappa shape index (κ1) is 10.6. The number of methoxy groups -OCH3 is 1. The van der Waals surface area contributed by atoms with Crippen LogP contribution in [-0.4, -0.2) is 59.4 Å². The van der Waals surface area contributed by atoms with Crippen LogP contribution in [0.25, 0.3) is 0 Å². The summed E-state index contributed by atoms with van der Waals surface area (Å²) in [4.78, 5) is 10.4. The fourth-order valence-electron chi connectivity index (χ4n) is 1.18. The van der Waals surface area contributed by atoms with Gasteiger partial charge >= 0.3 is 0 Å². The first-order valence-electron chi connectivity index (χ1n) is 3.79. The fraction of sp³-hybridized carbons (Fsp3) is 0.857. The molecule has 0 amide bonds. The lowest BCUT2D eigenvalue weighted by molar-refractivity contribution is -0.280. The van der Waals surface area contributed by atoms with Gasteiger partial charge in [-0.3, -0.25) is 0 Å². The van der Waals surface area contributed by atoms with Crippen LogP contribution in [0.2, 0.25) is 0 Å². The van der Waals surface area contributed by atoms with Crippen LogP contribution in [0.4, 0.5) is 0 Å². The topological polar surface area (TPSA) is 96.2 Å². The Hall–Kier alpha value is -0.530. The fourth-order valence-corrected chi connectivity index (χ4v) is 1.18. The number of carbonyl (C=O) groups excluding carboxylic acids is 1. The van der Waals surface area contributed by atoms with Gasteiger partial charge in [-0.2, -0.15) is 0 Å². The van der Waals surface area contributed by atoms with Gasteiger partial charge in [-0.15, -0.1) is 0 Å². The minimum absolute atomic E-state index is 0.353. The summed E-state index contributed by atoms with van der Waals surface area (Å²) in [7, 11) is 1.26. The van der Waals surface area contributed by atoms with E-state index < -0.39 is 30.7 Å². The van der Waals surface area contributed by atoms with Crippen LogP contribution in [0.1, 0.15) is 0 Å². The lowest BCUT2D eigenvalue weighted by Gasteiger charge is -2.37. The molecule has 0 spiro atoms. The van der Waals surface area contributed by atoms with E-state index in [-0.39, 0.29) is 0 Å². The first-order valence-corrected chi connectivity index (χ1v) is 3.79. The molecule has 1 fully saturated rings. The molecule has 13 heavy (non-hydrogen) atoms. The largest absolute Gasteiger partial charge is 0.387 e. The molecule has 1 aliphatic heterocycles. The van der Waals surface area contributed by atoms with E-state index in [0.717, 1.165) is 0 Å². The Labute approximate surface area is 74.7 Å². The number of aliphatic hydroxyl groups is 3. The molecular formula is C7H12O6. The van der Waals surface area contributed by atoms with Crippen molar-refractivity contribution in [2.45, 2.75) is 30.7 Å². The predicted octanol–water partition coefficient (Wildman–Crippen LogP) is -2.36. The minimum atomic E-state index is -1.44. The zero-order valence-corrected chi connectivity index (χ0v) is 7.03. The molecule has 0 aromatic rings. The number of hydrogen-bond donors (Lipinski definition) is 3. The van der Waals surface area contributed by atoms with Gasteiger partial charge in [0.25, 0.3) is 0 Å². The Morgan fingerprint density at radius 2 is 1.85 bits per heavy atom. The van der Waals surface area contributed by atoms with Crippen molar-refractivity contribution < 1.29 is 29.6 Å². The molecule has 0 aliphatic carbocycles. The van der Waals surface area contributed by atoms with Gasteiger partial charge in [0.2, 0.25) is 0 Å². The van der Waals surface area contributed by atoms with Gasteiger partial charge in [0.1, 0.15) is 24.4 Å². The molecule has 1 aliphatic rings. The molecule has 1 saturated heterocycles. The van der Waals surface area contributed by atoms with Crippen LogP contribution in [0, 0.1) is 0 Å². The molecule has 0 saturated carbocycles. The second kappa shape index (κ2) is 4.12. The van der Waals surface area contributed by atoms with E-state index in [1.807, 2.05) is 0 Å². The van der Waals surface area contributed by atoms with Gasteiger partial charge < -0.3 is 29.6 Å². The molecule has 1 heterocycles. The standard InChI is InChI=1S/C7H12O6/c1-12-7-6(11)5(10)4(9)3(2-8)13-7/h2-7,9-11H,1H3/t3-,4-,5+,6+,7-/m0/s1. The number of hydrogen-bond acceptors (Lipinski definition) is 6. The molecule has 6 heteroatoms. The second-order valence-electron chi connectivity index (χ2n) is 2.81. The lowest BCUT2D eigenvalue weighted by Crippen LogP contribution is -2.58. The summed E-state index contributed by atoms with van der Waals surface area (Å²) in [6.07, 6.45) is -6.10. The third kappa shape index (κ3) is 1.87. The molecule has 6 nitrogen and oxygen atoms in total. The summed E-state index contributed by atoms with van der Waals surface area (Å²) in [5.74, 6) is 0. The molecule has 1 rings (SSSR count). The van der Waals surface area contributed by atoms with E-state index in [9.17, 15) is 20.1 Å². The van der Waals surface area contributed by atoms with Crippen LogP contribution >= 0.6 is 0 Å². The normalized spacial score (nSPS) is 46.0. The van der Waals surface area contributed by atoms with Gasteiger partial charge in [-0.1, -0.05) is 0 Å². The summed E-state index contributed by atoms with van der Waals surface area (Å²) < 4.78 is 9.48.